The van der Waals surface area contributed by atoms with Crippen LogP contribution in [-0.2, 0) is 38.0 Å². The Bertz CT molecular complexity index is 1320. The number of carbonyl (C=O) groups is 2. The van der Waals surface area contributed by atoms with Crippen LogP contribution in [0.2, 0.25) is 0 Å². The molecule has 0 amide bonds. The molecule has 0 bridgehead atoms. The van der Waals surface area contributed by atoms with E-state index in [1.54, 1.807) is 12.2 Å². The van der Waals surface area contributed by atoms with Crippen molar-refractivity contribution in [1.82, 2.24) is 0 Å². The second-order valence-corrected chi connectivity index (χ2v) is 15.8. The molecule has 0 radical (unpaired) electrons. The predicted molar refractivity (Wildman–Crippen MR) is 237 cm³/mol. The molecule has 16 nitrogen and oxygen atoms in total. The summed E-state index contributed by atoms with van der Waals surface area (Å²) in [6, 6.07) is 0. The van der Waals surface area contributed by atoms with Gasteiger partial charge in [0.05, 0.1) is 64.6 Å². The van der Waals surface area contributed by atoms with Gasteiger partial charge in [-0.15, -0.1) is 0 Å². The van der Waals surface area contributed by atoms with Crippen LogP contribution in [0.4, 0.5) is 0 Å². The van der Waals surface area contributed by atoms with Gasteiger partial charge in [-0.05, 0) is 70.6 Å². The highest BCUT2D eigenvalue weighted by atomic mass is 16.7. The molecule has 364 valence electrons. The highest BCUT2D eigenvalue weighted by molar-refractivity contribution is 5.69. The van der Waals surface area contributed by atoms with E-state index in [9.17, 15) is 45.3 Å². The number of hydrogen-bond acceptors (Lipinski definition) is 16. The zero-order valence-electron chi connectivity index (χ0n) is 38.0. The third-order valence-corrected chi connectivity index (χ3v) is 10.3. The van der Waals surface area contributed by atoms with E-state index in [1.165, 1.54) is 26.4 Å². The van der Waals surface area contributed by atoms with Gasteiger partial charge in [0.25, 0.3) is 0 Å². The van der Waals surface area contributed by atoms with Crippen LogP contribution >= 0.6 is 0 Å². The fraction of sp³-hybridized carbons (Fsp3) is 0.745. The maximum atomic E-state index is 11.6. The van der Waals surface area contributed by atoms with Crippen LogP contribution in [0.1, 0.15) is 117 Å². The van der Waals surface area contributed by atoms with Gasteiger partial charge >= 0.3 is 11.9 Å². The minimum atomic E-state index is -1.67. The van der Waals surface area contributed by atoms with Gasteiger partial charge in [-0.25, -0.2) is 0 Å². The van der Waals surface area contributed by atoms with Crippen LogP contribution in [0, 0.1) is 0 Å². The van der Waals surface area contributed by atoms with Gasteiger partial charge in [-0.3, -0.25) is 9.59 Å². The minimum Gasteiger partial charge on any atom is -0.469 e. The zero-order chi connectivity index (χ0) is 46.8. The standard InChI is InChI=1S/C47H80O16/c1-5-7-9-11-12-16-23-37(51)40(62-39(24-17-10-8-6-2)38(52)29-27-34(49)21-19-20-26-43(54)59-4)30-28-36(22-15-13-14-18-25-42(53)58-3)60-33-41-44(55)45(56)46(57)47(63-41)61-32-35(50)31-48/h10,12-13,15-17,27-30,34-41,44-52,55-57H,5-9,11,14,18-26,31-33H2,1-4H3/b15-13-,16-12-,17-10-,29-27+,30-28+/t34-,35+,36-,37-,38+,39-,40+,41+,44-,45-,46+,47+/m0/s1. The Balaban J connectivity index is 3.44. The molecule has 12 atom stereocenters. The van der Waals surface area contributed by atoms with Crippen LogP contribution < -0.4 is 0 Å². The van der Waals surface area contributed by atoms with Crippen molar-refractivity contribution in [3.8, 4) is 0 Å². The van der Waals surface area contributed by atoms with Crippen molar-refractivity contribution in [3.05, 3.63) is 60.8 Å². The van der Waals surface area contributed by atoms with Crippen molar-refractivity contribution in [2.75, 3.05) is 34.0 Å². The van der Waals surface area contributed by atoms with E-state index < -0.39 is 86.6 Å². The van der Waals surface area contributed by atoms with E-state index in [0.717, 1.165) is 38.5 Å². The minimum absolute atomic E-state index is 0.246. The van der Waals surface area contributed by atoms with E-state index in [2.05, 4.69) is 18.6 Å². The summed E-state index contributed by atoms with van der Waals surface area (Å²) < 4.78 is 33.2. The summed E-state index contributed by atoms with van der Waals surface area (Å²) in [5, 5.41) is 84.4. The Hall–Kier alpha value is -2.84. The van der Waals surface area contributed by atoms with Crippen LogP contribution in [0.25, 0.3) is 0 Å². The fourth-order valence-electron chi connectivity index (χ4n) is 6.36. The Morgan fingerprint density at radius 2 is 1.33 bits per heavy atom. The smallest absolute Gasteiger partial charge is 0.305 e. The Morgan fingerprint density at radius 3 is 2.00 bits per heavy atom. The first-order valence-electron chi connectivity index (χ1n) is 22.7. The molecule has 8 N–H and O–H groups in total. The maximum Gasteiger partial charge on any atom is 0.305 e. The summed E-state index contributed by atoms with van der Waals surface area (Å²) in [6.07, 6.45) is 13.2. The Morgan fingerprint density at radius 1 is 0.683 bits per heavy atom. The molecule has 1 rings (SSSR count). The Labute approximate surface area is 374 Å². The lowest BCUT2D eigenvalue weighted by Crippen LogP contribution is -2.59. The molecule has 0 saturated carbocycles. The monoisotopic (exact) mass is 901 g/mol. The Kier molecular flexibility index (Phi) is 33.6. The van der Waals surface area contributed by atoms with Crippen LogP contribution in [0.15, 0.2) is 60.8 Å². The highest BCUT2D eigenvalue weighted by Gasteiger charge is 2.44. The number of aliphatic hydroxyl groups is 8. The molecule has 0 aliphatic carbocycles. The van der Waals surface area contributed by atoms with Crippen molar-refractivity contribution < 1.29 is 78.9 Å². The molecule has 0 spiro atoms. The molecule has 1 fully saturated rings. The van der Waals surface area contributed by atoms with Crippen molar-refractivity contribution in [2.45, 2.75) is 190 Å². The highest BCUT2D eigenvalue weighted by Crippen LogP contribution is 2.24. The van der Waals surface area contributed by atoms with Crippen molar-refractivity contribution >= 4 is 11.9 Å². The molecular formula is C47H80O16. The number of carbonyl (C=O) groups excluding carboxylic acids is 2. The molecule has 0 aromatic rings. The van der Waals surface area contributed by atoms with Gasteiger partial charge in [-0.1, -0.05) is 93.9 Å². The number of methoxy groups -OCH3 is 2. The van der Waals surface area contributed by atoms with Crippen molar-refractivity contribution in [2.24, 2.45) is 0 Å². The average molecular weight is 901 g/mol. The van der Waals surface area contributed by atoms with E-state index >= 15 is 0 Å². The zero-order valence-corrected chi connectivity index (χ0v) is 38.0. The van der Waals surface area contributed by atoms with Crippen LogP contribution in [-0.4, -0.2) is 160 Å². The third kappa shape index (κ3) is 26.7. The van der Waals surface area contributed by atoms with E-state index in [-0.39, 0.29) is 44.2 Å². The first-order chi connectivity index (χ1) is 30.3. The quantitative estimate of drug-likeness (QED) is 0.0253. The van der Waals surface area contributed by atoms with E-state index in [4.69, 9.17) is 28.8 Å². The normalized spacial score (nSPS) is 23.1. The average Bonchev–Trinajstić information content (AvgIpc) is 3.28. The molecule has 16 heteroatoms. The van der Waals surface area contributed by atoms with Gasteiger partial charge in [0, 0.05) is 12.8 Å². The second-order valence-electron chi connectivity index (χ2n) is 15.8. The summed E-state index contributed by atoms with van der Waals surface area (Å²) in [4.78, 5) is 23.0. The number of rotatable bonds is 36. The van der Waals surface area contributed by atoms with Gasteiger partial charge < -0.3 is 69.3 Å². The summed E-state index contributed by atoms with van der Waals surface area (Å²) in [5.41, 5.74) is 0. The summed E-state index contributed by atoms with van der Waals surface area (Å²) >= 11 is 0. The molecule has 0 unspecified atom stereocenters. The third-order valence-electron chi connectivity index (χ3n) is 10.3. The summed E-state index contributed by atoms with van der Waals surface area (Å²) in [5.74, 6) is -0.636. The molecule has 1 heterocycles. The van der Waals surface area contributed by atoms with Crippen molar-refractivity contribution in [3.63, 3.8) is 0 Å². The molecule has 0 aromatic carbocycles. The maximum absolute atomic E-state index is 11.6. The number of unbranched alkanes of at least 4 members (excludes halogenated alkanes) is 6. The fourth-order valence-corrected chi connectivity index (χ4v) is 6.36. The first kappa shape index (κ1) is 58.2. The lowest BCUT2D eigenvalue weighted by Gasteiger charge is -2.40. The van der Waals surface area contributed by atoms with E-state index in [0.29, 0.717) is 38.5 Å². The second kappa shape index (κ2) is 36.4. The SMILES string of the molecule is CCC/C=C\C[C@H](O[C@H](/C=C/[C@H](C/C=C\CCCC(=O)OC)OC[C@H]1O[C@@H](OC[C@H](O)CO)[C@H](O)[C@@H](O)[C@H]1O)[C@@H](O)C/C=C\CCCCC)[C@H](O)/C=C/[C@@H](O)CCCCC(=O)OC. The number of hydrogen-bond donors (Lipinski definition) is 8. The van der Waals surface area contributed by atoms with Gasteiger partial charge in [0.1, 0.15) is 36.6 Å². The van der Waals surface area contributed by atoms with Crippen LogP contribution in [0.3, 0.4) is 0 Å². The first-order valence-corrected chi connectivity index (χ1v) is 22.7. The van der Waals surface area contributed by atoms with Gasteiger partial charge in [0.15, 0.2) is 6.29 Å². The predicted octanol–water partition coefficient (Wildman–Crippen LogP) is 3.79. The lowest BCUT2D eigenvalue weighted by atomic mass is 9.99. The molecule has 0 aromatic heterocycles. The van der Waals surface area contributed by atoms with Gasteiger partial charge in [-0.2, -0.15) is 0 Å². The molecule has 1 saturated heterocycles. The number of ether oxygens (including phenoxy) is 6. The lowest BCUT2D eigenvalue weighted by molar-refractivity contribution is -0.307. The summed E-state index contributed by atoms with van der Waals surface area (Å²) in [6.45, 7) is 2.88. The number of esters is 2. The van der Waals surface area contributed by atoms with Crippen molar-refractivity contribution in [1.29, 1.82) is 0 Å². The molecule has 1 aliphatic heterocycles. The largest absolute Gasteiger partial charge is 0.469 e. The molecule has 63 heavy (non-hydrogen) atoms. The molecular weight excluding hydrogens is 821 g/mol. The number of allylic oxidation sites excluding steroid dienone is 3. The number of aliphatic hydroxyl groups excluding tert-OH is 8. The van der Waals surface area contributed by atoms with Gasteiger partial charge in [0.2, 0.25) is 0 Å². The van der Waals surface area contributed by atoms with Crippen LogP contribution in [0.5, 0.6) is 0 Å². The summed E-state index contributed by atoms with van der Waals surface area (Å²) in [7, 11) is 2.66. The topological polar surface area (TPSA) is 251 Å². The van der Waals surface area contributed by atoms with E-state index in [1.807, 2.05) is 36.5 Å². The molecule has 1 aliphatic rings.